The van der Waals surface area contributed by atoms with Gasteiger partial charge in [0.15, 0.2) is 0 Å². The van der Waals surface area contributed by atoms with Crippen LogP contribution in [0.4, 0.5) is 0 Å². The van der Waals surface area contributed by atoms with E-state index in [1.807, 2.05) is 0 Å². The van der Waals surface area contributed by atoms with Gasteiger partial charge in [0.05, 0.1) is 0 Å². The predicted molar refractivity (Wildman–Crippen MR) is 51.6 cm³/mol. The van der Waals surface area contributed by atoms with E-state index in [0.29, 0.717) is 0 Å². The van der Waals surface area contributed by atoms with Crippen molar-refractivity contribution in [1.29, 1.82) is 0 Å². The van der Waals surface area contributed by atoms with E-state index >= 15 is 0 Å². The van der Waals surface area contributed by atoms with Gasteiger partial charge in [-0.25, -0.2) is 9.59 Å². The molecular weight excluding hydrogens is 224 g/mol. The molecule has 0 unspecified atom stereocenters. The molecule has 1 rings (SSSR count). The maximum Gasteiger partial charge on any atom is 0.334 e. The third kappa shape index (κ3) is 1.91. The normalized spacial score (nSPS) is 9.71. The SMILES string of the molecule is O=C(O)c1cc([S-])c(C(=O)O)cc1[S-]. The topological polar surface area (TPSA) is 74.6 Å². The summed E-state index contributed by atoms with van der Waals surface area (Å²) in [5.74, 6) is -2.42. The zero-order valence-electron chi connectivity index (χ0n) is 6.68. The van der Waals surface area contributed by atoms with Crippen molar-refractivity contribution in [1.82, 2.24) is 0 Å². The molecule has 1 aromatic carbocycles. The van der Waals surface area contributed by atoms with Crippen LogP contribution in [0.15, 0.2) is 21.9 Å². The number of carboxylic acid groups (broad SMARTS) is 2. The molecule has 0 atom stereocenters. The molecule has 0 amide bonds. The van der Waals surface area contributed by atoms with Crippen molar-refractivity contribution in [3.8, 4) is 0 Å². The summed E-state index contributed by atoms with van der Waals surface area (Å²) in [5, 5.41) is 17.3. The zero-order valence-corrected chi connectivity index (χ0v) is 8.32. The Labute approximate surface area is 90.4 Å². The van der Waals surface area contributed by atoms with Crippen LogP contribution in [-0.4, -0.2) is 22.2 Å². The molecule has 74 valence electrons. The summed E-state index contributed by atoms with van der Waals surface area (Å²) in [7, 11) is 0. The van der Waals surface area contributed by atoms with Gasteiger partial charge in [-0.05, 0) is 0 Å². The van der Waals surface area contributed by atoms with Crippen molar-refractivity contribution in [2.75, 3.05) is 0 Å². The van der Waals surface area contributed by atoms with Crippen LogP contribution in [0.1, 0.15) is 20.7 Å². The van der Waals surface area contributed by atoms with Gasteiger partial charge < -0.3 is 35.5 Å². The Kier molecular flexibility index (Phi) is 2.87. The van der Waals surface area contributed by atoms with E-state index < -0.39 is 11.9 Å². The number of carbonyl (C=O) groups is 2. The van der Waals surface area contributed by atoms with Crippen LogP contribution in [0.25, 0.3) is 0 Å². The zero-order chi connectivity index (χ0) is 10.9. The molecule has 0 bridgehead atoms. The van der Waals surface area contributed by atoms with Crippen LogP contribution in [0.3, 0.4) is 0 Å². The molecule has 6 heteroatoms. The minimum Gasteiger partial charge on any atom is -0.779 e. The van der Waals surface area contributed by atoms with Gasteiger partial charge in [-0.1, -0.05) is 12.1 Å². The highest BCUT2D eigenvalue weighted by Crippen LogP contribution is 2.17. The molecule has 0 radical (unpaired) electrons. The molecule has 0 saturated carbocycles. The molecule has 14 heavy (non-hydrogen) atoms. The second kappa shape index (κ2) is 3.77. The number of aromatic carboxylic acids is 2. The average molecular weight is 228 g/mol. The first-order valence-electron chi connectivity index (χ1n) is 3.42. The number of carboxylic acids is 2. The van der Waals surface area contributed by atoms with Gasteiger partial charge in [0.1, 0.15) is 0 Å². The highest BCUT2D eigenvalue weighted by molar-refractivity contribution is 7.59. The molecular formula is C8H4O4S2-2. The Morgan fingerprint density at radius 2 is 1.21 bits per heavy atom. The van der Waals surface area contributed by atoms with Gasteiger partial charge in [-0.3, -0.25) is 0 Å². The molecule has 4 nitrogen and oxygen atoms in total. The van der Waals surface area contributed by atoms with E-state index in [4.69, 9.17) is 35.5 Å². The second-order valence-corrected chi connectivity index (χ2v) is 3.33. The Hall–Kier alpha value is -1.40. The summed E-state index contributed by atoms with van der Waals surface area (Å²) < 4.78 is 0. The number of hydrogen-bond donors (Lipinski definition) is 2. The van der Waals surface area contributed by atoms with Crippen molar-refractivity contribution in [2.45, 2.75) is 9.79 Å². The van der Waals surface area contributed by atoms with Gasteiger partial charge in [0, 0.05) is 11.1 Å². The number of benzene rings is 1. The van der Waals surface area contributed by atoms with Crippen LogP contribution in [0.2, 0.25) is 0 Å². The molecule has 0 heterocycles. The quantitative estimate of drug-likeness (QED) is 0.732. The highest BCUT2D eigenvalue weighted by atomic mass is 32.1. The lowest BCUT2D eigenvalue weighted by Crippen LogP contribution is -2.05. The lowest BCUT2D eigenvalue weighted by molar-refractivity contribution is 0.0675. The van der Waals surface area contributed by atoms with Crippen molar-refractivity contribution in [2.24, 2.45) is 0 Å². The van der Waals surface area contributed by atoms with Crippen molar-refractivity contribution in [3.63, 3.8) is 0 Å². The molecule has 0 aromatic heterocycles. The van der Waals surface area contributed by atoms with E-state index in [1.165, 1.54) is 0 Å². The number of hydrogen-bond acceptors (Lipinski definition) is 4. The third-order valence-electron chi connectivity index (χ3n) is 1.54. The fourth-order valence-electron chi connectivity index (χ4n) is 0.894. The van der Waals surface area contributed by atoms with Crippen LogP contribution < -0.4 is 0 Å². The summed E-state index contributed by atoms with van der Waals surface area (Å²) >= 11 is 9.41. The predicted octanol–water partition coefficient (Wildman–Crippen LogP) is 0.895. The first kappa shape index (κ1) is 10.7. The lowest BCUT2D eigenvalue weighted by atomic mass is 10.1. The monoisotopic (exact) mass is 228 g/mol. The molecule has 0 fully saturated rings. The Morgan fingerprint density at radius 3 is 1.43 bits per heavy atom. The van der Waals surface area contributed by atoms with Crippen LogP contribution in [0.5, 0.6) is 0 Å². The van der Waals surface area contributed by atoms with Gasteiger partial charge in [-0.2, -0.15) is 9.79 Å². The first-order chi connectivity index (χ1) is 6.43. The van der Waals surface area contributed by atoms with E-state index in [1.54, 1.807) is 0 Å². The van der Waals surface area contributed by atoms with E-state index in [2.05, 4.69) is 0 Å². The summed E-state index contributed by atoms with van der Waals surface area (Å²) in [4.78, 5) is 21.1. The van der Waals surface area contributed by atoms with Gasteiger partial charge >= 0.3 is 11.9 Å². The van der Waals surface area contributed by atoms with E-state index in [-0.39, 0.29) is 20.9 Å². The van der Waals surface area contributed by atoms with Crippen LogP contribution in [0, 0.1) is 0 Å². The van der Waals surface area contributed by atoms with Crippen LogP contribution in [-0.2, 0) is 25.3 Å². The van der Waals surface area contributed by atoms with Crippen molar-refractivity contribution < 1.29 is 19.8 Å². The fourth-order valence-corrected chi connectivity index (χ4v) is 1.42. The summed E-state index contributed by atoms with van der Waals surface area (Å²) in [6, 6.07) is 2.17. The molecule has 0 aliphatic rings. The molecule has 2 N–H and O–H groups in total. The molecule has 0 spiro atoms. The maximum absolute atomic E-state index is 10.6. The molecule has 1 aromatic rings. The third-order valence-corrected chi connectivity index (χ3v) is 2.22. The molecule has 0 aliphatic carbocycles. The van der Waals surface area contributed by atoms with E-state index in [0.717, 1.165) is 12.1 Å². The molecule has 0 aliphatic heterocycles. The summed E-state index contributed by atoms with van der Waals surface area (Å²) in [5.41, 5.74) is -0.287. The highest BCUT2D eigenvalue weighted by Gasteiger charge is 2.07. The minimum atomic E-state index is -1.21. The number of rotatable bonds is 2. The Balaban J connectivity index is 3.38. The Morgan fingerprint density at radius 1 is 0.929 bits per heavy atom. The van der Waals surface area contributed by atoms with Crippen LogP contribution >= 0.6 is 0 Å². The Bertz CT molecular complexity index is 374. The standard InChI is InChI=1S/C8H6O4S2/c9-7(10)3-1-5(13)4(8(11)12)2-6(3)14/h1-2,13-14H,(H,9,10)(H,11,12)/p-2. The average Bonchev–Trinajstić information content (AvgIpc) is 2.07. The van der Waals surface area contributed by atoms with Gasteiger partial charge in [0.25, 0.3) is 0 Å². The largest absolute Gasteiger partial charge is 0.779 e. The summed E-state index contributed by atoms with van der Waals surface area (Å²) in [6.45, 7) is 0. The first-order valence-corrected chi connectivity index (χ1v) is 4.23. The summed E-state index contributed by atoms with van der Waals surface area (Å²) in [6.07, 6.45) is 0. The van der Waals surface area contributed by atoms with Gasteiger partial charge in [-0.15, -0.1) is 0 Å². The fraction of sp³-hybridized carbons (Fsp3) is 0. The lowest BCUT2D eigenvalue weighted by Gasteiger charge is -2.18. The van der Waals surface area contributed by atoms with Crippen molar-refractivity contribution >= 4 is 37.2 Å². The van der Waals surface area contributed by atoms with Gasteiger partial charge in [0.2, 0.25) is 0 Å². The van der Waals surface area contributed by atoms with E-state index in [9.17, 15) is 9.59 Å². The maximum atomic E-state index is 10.6. The molecule has 0 saturated heterocycles. The minimum absolute atomic E-state index is 0.0245. The smallest absolute Gasteiger partial charge is 0.334 e. The van der Waals surface area contributed by atoms with Crippen molar-refractivity contribution in [3.05, 3.63) is 23.3 Å². The second-order valence-electron chi connectivity index (χ2n) is 2.45.